The van der Waals surface area contributed by atoms with E-state index in [1.54, 1.807) is 0 Å². The third-order valence-corrected chi connectivity index (χ3v) is 6.42. The lowest BCUT2D eigenvalue weighted by atomic mass is 9.98. The van der Waals surface area contributed by atoms with Crippen molar-refractivity contribution < 1.29 is 14.3 Å². The van der Waals surface area contributed by atoms with Crippen molar-refractivity contribution in [3.63, 3.8) is 0 Å². The van der Waals surface area contributed by atoms with Crippen molar-refractivity contribution in [2.45, 2.75) is 45.4 Å². The molecule has 0 radical (unpaired) electrons. The van der Waals surface area contributed by atoms with Gasteiger partial charge >= 0.3 is 0 Å². The minimum Gasteiger partial charge on any atom is -0.492 e. The van der Waals surface area contributed by atoms with E-state index in [1.165, 1.54) is 0 Å². The molecule has 152 valence electrons. The van der Waals surface area contributed by atoms with Crippen LogP contribution in [0.3, 0.4) is 0 Å². The summed E-state index contributed by atoms with van der Waals surface area (Å²) in [5.74, 6) is 2.41. The maximum atomic E-state index is 13.0. The second-order valence-corrected chi connectivity index (χ2v) is 8.85. The highest BCUT2D eigenvalue weighted by Gasteiger charge is 2.35. The molecule has 0 spiro atoms. The molecule has 2 amide bonds. The molecule has 1 saturated carbocycles. The number of para-hydroxylation sites is 1. The lowest BCUT2D eigenvalue weighted by molar-refractivity contribution is -0.134. The first-order chi connectivity index (χ1) is 13.6. The van der Waals surface area contributed by atoms with Gasteiger partial charge in [0.05, 0.1) is 12.2 Å². The molecule has 3 fully saturated rings. The molecule has 2 heterocycles. The first kappa shape index (κ1) is 19.3. The number of carbonyl (C=O) groups excluding carboxylic acids is 2. The van der Waals surface area contributed by atoms with E-state index in [2.05, 4.69) is 6.92 Å². The molecule has 1 unspecified atom stereocenters. The van der Waals surface area contributed by atoms with Crippen LogP contribution in [0.2, 0.25) is 0 Å². The molecule has 0 N–H and O–H groups in total. The predicted molar refractivity (Wildman–Crippen MR) is 108 cm³/mol. The van der Waals surface area contributed by atoms with Gasteiger partial charge in [0.1, 0.15) is 5.75 Å². The van der Waals surface area contributed by atoms with Crippen LogP contribution in [0.15, 0.2) is 24.3 Å². The maximum Gasteiger partial charge on any atom is 0.257 e. The first-order valence-corrected chi connectivity index (χ1v) is 10.9. The Morgan fingerprint density at radius 1 is 1.00 bits per heavy atom. The van der Waals surface area contributed by atoms with Crippen molar-refractivity contribution in [3.05, 3.63) is 29.8 Å². The largest absolute Gasteiger partial charge is 0.492 e. The lowest BCUT2D eigenvalue weighted by Crippen LogP contribution is -2.42. The number of likely N-dealkylation sites (tertiary alicyclic amines) is 2. The van der Waals surface area contributed by atoms with Crippen molar-refractivity contribution in [2.24, 2.45) is 17.8 Å². The van der Waals surface area contributed by atoms with E-state index in [-0.39, 0.29) is 11.8 Å². The van der Waals surface area contributed by atoms with Crippen LogP contribution in [-0.2, 0) is 4.79 Å². The fraction of sp³-hybridized carbons (Fsp3) is 0.652. The summed E-state index contributed by atoms with van der Waals surface area (Å²) in [5, 5.41) is 0. The highest BCUT2D eigenvalue weighted by molar-refractivity contribution is 5.97. The van der Waals surface area contributed by atoms with E-state index in [0.29, 0.717) is 35.7 Å². The van der Waals surface area contributed by atoms with Crippen LogP contribution in [-0.4, -0.2) is 54.4 Å². The Morgan fingerprint density at radius 2 is 1.75 bits per heavy atom. The van der Waals surface area contributed by atoms with Crippen molar-refractivity contribution in [2.75, 3.05) is 32.8 Å². The van der Waals surface area contributed by atoms with Crippen LogP contribution in [0.25, 0.3) is 0 Å². The normalized spacial score (nSPS) is 23.5. The quantitative estimate of drug-likeness (QED) is 0.780. The molecule has 1 aromatic rings. The number of nitrogens with zero attached hydrogens (tertiary/aromatic N) is 2. The highest BCUT2D eigenvalue weighted by Crippen LogP contribution is 2.33. The zero-order valence-corrected chi connectivity index (χ0v) is 16.9. The van der Waals surface area contributed by atoms with Crippen LogP contribution in [0, 0.1) is 17.8 Å². The number of amides is 2. The van der Waals surface area contributed by atoms with E-state index in [4.69, 9.17) is 4.74 Å². The van der Waals surface area contributed by atoms with E-state index in [1.807, 2.05) is 34.1 Å². The average molecular weight is 385 g/mol. The lowest BCUT2D eigenvalue weighted by Gasteiger charge is -2.33. The molecule has 1 aromatic carbocycles. The second kappa shape index (κ2) is 8.54. The molecule has 0 bridgehead atoms. The van der Waals surface area contributed by atoms with Crippen LogP contribution < -0.4 is 4.74 Å². The number of piperidine rings is 2. The number of hydrogen-bond donors (Lipinski definition) is 0. The predicted octanol–water partition coefficient (Wildman–Crippen LogP) is 3.59. The molecule has 0 aromatic heterocycles. The molecule has 2 aliphatic heterocycles. The standard InChI is InChI=1S/C23H32N2O3/c1-17-10-13-24(14-11-17)23(27)20-6-2-3-7-21(20)28-16-18-5-4-12-25(15-18)22(26)19-8-9-19/h2-3,6-7,17-19H,4-5,8-16H2,1H3. The summed E-state index contributed by atoms with van der Waals surface area (Å²) < 4.78 is 6.13. The van der Waals surface area contributed by atoms with Gasteiger partial charge in [0.2, 0.25) is 5.91 Å². The van der Waals surface area contributed by atoms with Crippen molar-refractivity contribution in [1.29, 1.82) is 0 Å². The van der Waals surface area contributed by atoms with Crippen LogP contribution in [0.4, 0.5) is 0 Å². The van der Waals surface area contributed by atoms with Gasteiger partial charge in [-0.2, -0.15) is 0 Å². The Morgan fingerprint density at radius 3 is 2.50 bits per heavy atom. The zero-order valence-electron chi connectivity index (χ0n) is 16.9. The van der Waals surface area contributed by atoms with Gasteiger partial charge in [-0.15, -0.1) is 0 Å². The van der Waals surface area contributed by atoms with Crippen LogP contribution in [0.5, 0.6) is 5.75 Å². The molecular formula is C23H32N2O3. The summed E-state index contributed by atoms with van der Waals surface area (Å²) in [5.41, 5.74) is 0.666. The topological polar surface area (TPSA) is 49.9 Å². The summed E-state index contributed by atoms with van der Waals surface area (Å²) in [7, 11) is 0. The highest BCUT2D eigenvalue weighted by atomic mass is 16.5. The van der Waals surface area contributed by atoms with E-state index in [0.717, 1.165) is 64.7 Å². The Bertz CT molecular complexity index is 708. The van der Waals surface area contributed by atoms with E-state index < -0.39 is 0 Å². The van der Waals surface area contributed by atoms with Gasteiger partial charge in [0, 0.05) is 38.0 Å². The monoisotopic (exact) mass is 384 g/mol. The number of benzene rings is 1. The summed E-state index contributed by atoms with van der Waals surface area (Å²) in [6.07, 6.45) is 6.37. The fourth-order valence-corrected chi connectivity index (χ4v) is 4.35. The number of rotatable bonds is 5. The van der Waals surface area contributed by atoms with E-state index >= 15 is 0 Å². The molecule has 5 nitrogen and oxygen atoms in total. The Balaban J connectivity index is 1.36. The SMILES string of the molecule is CC1CCN(C(=O)c2ccccc2OCC2CCCN(C(=O)C3CC3)C2)CC1. The van der Waals surface area contributed by atoms with Crippen molar-refractivity contribution in [3.8, 4) is 5.75 Å². The molecule has 4 rings (SSSR count). The number of ether oxygens (including phenoxy) is 1. The van der Waals surface area contributed by atoms with Gasteiger partial charge in [-0.25, -0.2) is 0 Å². The number of hydrogen-bond acceptors (Lipinski definition) is 3. The fourth-order valence-electron chi connectivity index (χ4n) is 4.35. The van der Waals surface area contributed by atoms with E-state index in [9.17, 15) is 9.59 Å². The zero-order chi connectivity index (χ0) is 19.5. The summed E-state index contributed by atoms with van der Waals surface area (Å²) in [4.78, 5) is 29.3. The van der Waals surface area contributed by atoms with Crippen LogP contribution in [0.1, 0.15) is 55.8 Å². The molecule has 1 aliphatic carbocycles. The molecule has 28 heavy (non-hydrogen) atoms. The summed E-state index contributed by atoms with van der Waals surface area (Å²) >= 11 is 0. The summed E-state index contributed by atoms with van der Waals surface area (Å²) in [6.45, 7) is 6.14. The van der Waals surface area contributed by atoms with Gasteiger partial charge in [0.15, 0.2) is 0 Å². The Labute approximate surface area is 168 Å². The molecular weight excluding hydrogens is 352 g/mol. The average Bonchev–Trinajstić information content (AvgIpc) is 3.58. The molecule has 5 heteroatoms. The van der Waals surface area contributed by atoms with Crippen molar-refractivity contribution >= 4 is 11.8 Å². The minimum atomic E-state index is 0.0803. The molecule has 3 aliphatic rings. The third-order valence-electron chi connectivity index (χ3n) is 6.42. The number of carbonyl (C=O) groups is 2. The first-order valence-electron chi connectivity index (χ1n) is 10.9. The van der Waals surface area contributed by atoms with Gasteiger partial charge in [-0.05, 0) is 56.6 Å². The van der Waals surface area contributed by atoms with Gasteiger partial charge in [-0.3, -0.25) is 9.59 Å². The molecule has 1 atom stereocenters. The van der Waals surface area contributed by atoms with Gasteiger partial charge in [-0.1, -0.05) is 19.1 Å². The third kappa shape index (κ3) is 4.50. The van der Waals surface area contributed by atoms with Crippen LogP contribution >= 0.6 is 0 Å². The Hall–Kier alpha value is -2.04. The second-order valence-electron chi connectivity index (χ2n) is 8.85. The minimum absolute atomic E-state index is 0.0803. The molecule has 2 saturated heterocycles. The van der Waals surface area contributed by atoms with Gasteiger partial charge < -0.3 is 14.5 Å². The van der Waals surface area contributed by atoms with Gasteiger partial charge in [0.25, 0.3) is 5.91 Å². The smallest absolute Gasteiger partial charge is 0.257 e. The maximum absolute atomic E-state index is 13.0. The summed E-state index contributed by atoms with van der Waals surface area (Å²) in [6, 6.07) is 7.60. The van der Waals surface area contributed by atoms with Crippen molar-refractivity contribution in [1.82, 2.24) is 9.80 Å². The Kier molecular flexibility index (Phi) is 5.88.